The molecule has 2 heterocycles. The lowest BCUT2D eigenvalue weighted by atomic mass is 9.91. The van der Waals surface area contributed by atoms with Crippen molar-refractivity contribution in [3.8, 4) is 0 Å². The van der Waals surface area contributed by atoms with Crippen molar-refractivity contribution in [1.29, 1.82) is 0 Å². The Labute approximate surface area is 105 Å². The van der Waals surface area contributed by atoms with Gasteiger partial charge in [-0.25, -0.2) is 0 Å². The molecule has 1 fully saturated rings. The highest BCUT2D eigenvalue weighted by atomic mass is 35.5. The number of ether oxygens (including phenoxy) is 1. The number of thiophene rings is 1. The zero-order valence-electron chi connectivity index (χ0n) is 8.32. The van der Waals surface area contributed by atoms with Crippen molar-refractivity contribution in [2.75, 3.05) is 13.2 Å². The molecule has 0 unspecified atom stereocenters. The zero-order valence-corrected chi connectivity index (χ0v) is 10.7. The Hall–Kier alpha value is 0.200. The van der Waals surface area contributed by atoms with Gasteiger partial charge in [0.1, 0.15) is 0 Å². The first-order chi connectivity index (χ1) is 6.79. The molecule has 0 spiro atoms. The summed E-state index contributed by atoms with van der Waals surface area (Å²) in [5.41, 5.74) is 6.19. The molecule has 5 heteroatoms. The molecule has 1 aliphatic rings. The second-order valence-electron chi connectivity index (χ2n) is 3.61. The van der Waals surface area contributed by atoms with Gasteiger partial charge in [0.2, 0.25) is 0 Å². The molecule has 0 aromatic carbocycles. The molecule has 0 amide bonds. The van der Waals surface area contributed by atoms with Crippen LogP contribution in [-0.4, -0.2) is 13.2 Å². The number of rotatable bonds is 2. The van der Waals surface area contributed by atoms with Crippen LogP contribution >= 0.6 is 35.3 Å². The average Bonchev–Trinajstić information content (AvgIpc) is 2.65. The van der Waals surface area contributed by atoms with Crippen molar-refractivity contribution in [1.82, 2.24) is 0 Å². The lowest BCUT2D eigenvalue weighted by molar-refractivity contribution is 0.0587. The fourth-order valence-electron chi connectivity index (χ4n) is 1.83. The van der Waals surface area contributed by atoms with Crippen LogP contribution in [0.1, 0.15) is 23.8 Å². The third-order valence-corrected chi connectivity index (χ3v) is 4.18. The lowest BCUT2D eigenvalue weighted by Gasteiger charge is -2.27. The van der Waals surface area contributed by atoms with Gasteiger partial charge in [0.25, 0.3) is 0 Å². The quantitative estimate of drug-likeness (QED) is 0.893. The van der Waals surface area contributed by atoms with Gasteiger partial charge in [0.05, 0.1) is 5.02 Å². The molecule has 1 aliphatic heterocycles. The number of halogens is 2. The predicted octanol–water partition coefficient (Wildman–Crippen LogP) is 3.25. The lowest BCUT2D eigenvalue weighted by Crippen LogP contribution is -2.26. The minimum Gasteiger partial charge on any atom is -0.381 e. The SMILES string of the molecule is Cl.N[C@@H](c1sccc1Cl)C1CCOCC1. The summed E-state index contributed by atoms with van der Waals surface area (Å²) < 4.78 is 5.31. The zero-order chi connectivity index (χ0) is 9.97. The standard InChI is InChI=1S/C10H14ClNOS.ClH/c11-8-3-6-14-10(8)9(12)7-1-4-13-5-2-7;/h3,6-7,9H,1-2,4-5,12H2;1H/t9-;/m1./s1. The first-order valence-electron chi connectivity index (χ1n) is 4.85. The summed E-state index contributed by atoms with van der Waals surface area (Å²) in [7, 11) is 0. The Balaban J connectivity index is 0.00000112. The molecule has 0 bridgehead atoms. The molecule has 0 saturated carbocycles. The Morgan fingerprint density at radius 1 is 1.47 bits per heavy atom. The predicted molar refractivity (Wildman–Crippen MR) is 67.0 cm³/mol. The van der Waals surface area contributed by atoms with Crippen molar-refractivity contribution in [2.45, 2.75) is 18.9 Å². The third kappa shape index (κ3) is 3.08. The molecule has 1 aromatic heterocycles. The van der Waals surface area contributed by atoms with Crippen molar-refractivity contribution >= 4 is 35.3 Å². The molecule has 1 saturated heterocycles. The van der Waals surface area contributed by atoms with Crippen LogP contribution in [0.2, 0.25) is 5.02 Å². The van der Waals surface area contributed by atoms with E-state index in [0.29, 0.717) is 5.92 Å². The maximum atomic E-state index is 6.19. The summed E-state index contributed by atoms with van der Waals surface area (Å²) in [6.07, 6.45) is 2.10. The van der Waals surface area contributed by atoms with Crippen LogP contribution in [-0.2, 0) is 4.74 Å². The number of hydrogen-bond acceptors (Lipinski definition) is 3. The van der Waals surface area contributed by atoms with Crippen LogP contribution in [0.5, 0.6) is 0 Å². The summed E-state index contributed by atoms with van der Waals surface area (Å²) >= 11 is 7.71. The van der Waals surface area contributed by atoms with E-state index in [1.54, 1.807) is 11.3 Å². The van der Waals surface area contributed by atoms with Gasteiger partial charge < -0.3 is 10.5 Å². The van der Waals surface area contributed by atoms with E-state index in [1.165, 1.54) is 0 Å². The maximum Gasteiger partial charge on any atom is 0.0561 e. The van der Waals surface area contributed by atoms with Gasteiger partial charge in [-0.05, 0) is 30.2 Å². The molecule has 1 aromatic rings. The first-order valence-corrected chi connectivity index (χ1v) is 6.11. The van der Waals surface area contributed by atoms with Gasteiger partial charge in [-0.15, -0.1) is 23.7 Å². The number of hydrogen-bond donors (Lipinski definition) is 1. The third-order valence-electron chi connectivity index (χ3n) is 2.72. The molecule has 2 nitrogen and oxygen atoms in total. The Kier molecular flexibility index (Phi) is 5.36. The monoisotopic (exact) mass is 267 g/mol. The molecule has 0 aliphatic carbocycles. The van der Waals surface area contributed by atoms with E-state index in [9.17, 15) is 0 Å². The Morgan fingerprint density at radius 3 is 2.67 bits per heavy atom. The molecular weight excluding hydrogens is 253 g/mol. The Morgan fingerprint density at radius 2 is 2.13 bits per heavy atom. The van der Waals surface area contributed by atoms with E-state index < -0.39 is 0 Å². The van der Waals surface area contributed by atoms with Crippen LogP contribution in [0.25, 0.3) is 0 Å². The van der Waals surface area contributed by atoms with Crippen LogP contribution in [0.4, 0.5) is 0 Å². The summed E-state index contributed by atoms with van der Waals surface area (Å²) in [6, 6.07) is 2.01. The topological polar surface area (TPSA) is 35.2 Å². The second-order valence-corrected chi connectivity index (χ2v) is 4.96. The highest BCUT2D eigenvalue weighted by molar-refractivity contribution is 7.10. The normalized spacial score (nSPS) is 19.6. The molecule has 1 atom stereocenters. The van der Waals surface area contributed by atoms with E-state index in [4.69, 9.17) is 22.1 Å². The first kappa shape index (κ1) is 13.3. The molecule has 15 heavy (non-hydrogen) atoms. The summed E-state index contributed by atoms with van der Waals surface area (Å²) in [4.78, 5) is 1.12. The van der Waals surface area contributed by atoms with E-state index in [2.05, 4.69) is 0 Å². The Bertz CT molecular complexity index is 299. The van der Waals surface area contributed by atoms with Gasteiger partial charge in [-0.3, -0.25) is 0 Å². The van der Waals surface area contributed by atoms with E-state index >= 15 is 0 Å². The van der Waals surface area contributed by atoms with Crippen LogP contribution in [0.15, 0.2) is 11.4 Å². The van der Waals surface area contributed by atoms with Gasteiger partial charge in [-0.1, -0.05) is 11.6 Å². The fourth-order valence-corrected chi connectivity index (χ4v) is 3.11. The average molecular weight is 268 g/mol. The smallest absolute Gasteiger partial charge is 0.0561 e. The largest absolute Gasteiger partial charge is 0.381 e. The van der Waals surface area contributed by atoms with Crippen LogP contribution in [0, 0.1) is 5.92 Å². The van der Waals surface area contributed by atoms with Crippen molar-refractivity contribution in [3.63, 3.8) is 0 Å². The van der Waals surface area contributed by atoms with Crippen LogP contribution < -0.4 is 5.73 Å². The second kappa shape index (κ2) is 6.06. The van der Waals surface area contributed by atoms with Crippen molar-refractivity contribution in [2.24, 2.45) is 11.7 Å². The van der Waals surface area contributed by atoms with Crippen molar-refractivity contribution in [3.05, 3.63) is 21.3 Å². The molecule has 2 N–H and O–H groups in total. The number of nitrogens with two attached hydrogens (primary N) is 1. The van der Waals surface area contributed by atoms with Crippen molar-refractivity contribution < 1.29 is 4.74 Å². The van der Waals surface area contributed by atoms with Gasteiger partial charge in [0, 0.05) is 24.1 Å². The summed E-state index contributed by atoms with van der Waals surface area (Å²) in [6.45, 7) is 1.67. The highest BCUT2D eigenvalue weighted by Crippen LogP contribution is 2.35. The van der Waals surface area contributed by atoms with Crippen LogP contribution in [0.3, 0.4) is 0 Å². The van der Waals surface area contributed by atoms with Gasteiger partial charge in [-0.2, -0.15) is 0 Å². The van der Waals surface area contributed by atoms with Gasteiger partial charge in [0.15, 0.2) is 0 Å². The maximum absolute atomic E-state index is 6.19. The van der Waals surface area contributed by atoms with E-state index in [1.807, 2.05) is 11.4 Å². The molecule has 0 radical (unpaired) electrons. The van der Waals surface area contributed by atoms with E-state index in [0.717, 1.165) is 36.0 Å². The summed E-state index contributed by atoms with van der Waals surface area (Å²) in [5.74, 6) is 0.528. The van der Waals surface area contributed by atoms with E-state index in [-0.39, 0.29) is 18.4 Å². The fraction of sp³-hybridized carbons (Fsp3) is 0.600. The minimum absolute atomic E-state index is 0. The summed E-state index contributed by atoms with van der Waals surface area (Å²) in [5, 5.41) is 2.81. The molecular formula is C10H15Cl2NOS. The van der Waals surface area contributed by atoms with Gasteiger partial charge >= 0.3 is 0 Å². The highest BCUT2D eigenvalue weighted by Gasteiger charge is 2.24. The minimum atomic E-state index is 0. The molecule has 86 valence electrons. The molecule has 2 rings (SSSR count).